The average molecular weight is 530 g/mol. The third-order valence-electron chi connectivity index (χ3n) is 4.53. The molecule has 0 fully saturated rings. The molecule has 0 heterocycles. The van der Waals surface area contributed by atoms with Crippen molar-refractivity contribution >= 4 is 29.9 Å². The predicted octanol–water partition coefficient (Wildman–Crippen LogP) is 3.82. The highest BCUT2D eigenvalue weighted by molar-refractivity contribution is 14.0. The second-order valence-corrected chi connectivity index (χ2v) is 6.80. The maximum Gasteiger partial charge on any atom is 0.191 e. The van der Waals surface area contributed by atoms with Gasteiger partial charge in [-0.3, -0.25) is 0 Å². The number of likely N-dealkylation sites (N-methyl/N-ethyl adjacent to an activating group) is 1. The SMILES string of the molecule is CCNC(=NCc1ccc(OC)c(OC)c1)NCC(c1cccc(F)c1)N(C)C.I. The first-order valence-electron chi connectivity index (χ1n) is 9.63. The minimum atomic E-state index is -0.233. The molecule has 0 saturated carbocycles. The van der Waals surface area contributed by atoms with E-state index in [2.05, 4.69) is 20.5 Å². The number of methoxy groups -OCH3 is 2. The van der Waals surface area contributed by atoms with E-state index in [4.69, 9.17) is 9.47 Å². The monoisotopic (exact) mass is 530 g/mol. The van der Waals surface area contributed by atoms with Gasteiger partial charge in [-0.15, -0.1) is 24.0 Å². The summed E-state index contributed by atoms with van der Waals surface area (Å²) >= 11 is 0. The lowest BCUT2D eigenvalue weighted by atomic mass is 10.1. The van der Waals surface area contributed by atoms with Crippen molar-refractivity contribution < 1.29 is 13.9 Å². The molecule has 6 nitrogen and oxygen atoms in total. The lowest BCUT2D eigenvalue weighted by molar-refractivity contribution is 0.297. The number of halogens is 2. The topological polar surface area (TPSA) is 58.1 Å². The lowest BCUT2D eigenvalue weighted by Crippen LogP contribution is -2.41. The molecule has 0 bridgehead atoms. The number of aliphatic imine (C=N–C) groups is 1. The van der Waals surface area contributed by atoms with E-state index in [1.54, 1.807) is 26.4 Å². The molecule has 1 atom stereocenters. The van der Waals surface area contributed by atoms with E-state index < -0.39 is 0 Å². The molecule has 0 aliphatic carbocycles. The summed E-state index contributed by atoms with van der Waals surface area (Å²) in [5.41, 5.74) is 1.92. The van der Waals surface area contributed by atoms with Crippen LogP contribution in [0.1, 0.15) is 24.1 Å². The number of ether oxygens (including phenoxy) is 2. The van der Waals surface area contributed by atoms with Crippen molar-refractivity contribution in [3.05, 3.63) is 59.4 Å². The molecule has 2 aromatic rings. The molecule has 2 rings (SSSR count). The van der Waals surface area contributed by atoms with Gasteiger partial charge >= 0.3 is 0 Å². The van der Waals surface area contributed by atoms with Crippen LogP contribution in [0.15, 0.2) is 47.5 Å². The summed E-state index contributed by atoms with van der Waals surface area (Å²) in [6.07, 6.45) is 0. The number of benzene rings is 2. The van der Waals surface area contributed by atoms with E-state index in [1.165, 1.54) is 6.07 Å². The molecular weight excluding hydrogens is 498 g/mol. The normalized spacial score (nSPS) is 12.2. The maximum atomic E-state index is 13.6. The van der Waals surface area contributed by atoms with Crippen LogP contribution < -0.4 is 20.1 Å². The Labute approximate surface area is 195 Å². The van der Waals surface area contributed by atoms with Gasteiger partial charge in [-0.1, -0.05) is 18.2 Å². The summed E-state index contributed by atoms with van der Waals surface area (Å²) in [6, 6.07) is 12.5. The fourth-order valence-electron chi connectivity index (χ4n) is 3.00. The summed E-state index contributed by atoms with van der Waals surface area (Å²) in [5.74, 6) is 1.83. The van der Waals surface area contributed by atoms with Gasteiger partial charge < -0.3 is 25.0 Å². The van der Waals surface area contributed by atoms with Crippen LogP contribution in [0.3, 0.4) is 0 Å². The van der Waals surface area contributed by atoms with Crippen molar-refractivity contribution in [1.29, 1.82) is 0 Å². The molecule has 2 aromatic carbocycles. The van der Waals surface area contributed by atoms with Gasteiger partial charge in [0.2, 0.25) is 0 Å². The van der Waals surface area contributed by atoms with Crippen molar-refractivity contribution in [3.63, 3.8) is 0 Å². The Bertz CT molecular complexity index is 817. The highest BCUT2D eigenvalue weighted by Gasteiger charge is 2.15. The van der Waals surface area contributed by atoms with Crippen molar-refractivity contribution in [1.82, 2.24) is 15.5 Å². The zero-order chi connectivity index (χ0) is 21.2. The first kappa shape index (κ1) is 26.0. The zero-order valence-electron chi connectivity index (χ0n) is 18.2. The molecule has 0 aliphatic rings. The Morgan fingerprint density at radius 3 is 2.40 bits per heavy atom. The third-order valence-corrected chi connectivity index (χ3v) is 4.53. The Kier molecular flexibility index (Phi) is 11.5. The fourth-order valence-corrected chi connectivity index (χ4v) is 3.00. The maximum absolute atomic E-state index is 13.6. The van der Waals surface area contributed by atoms with Crippen LogP contribution in [0.4, 0.5) is 4.39 Å². The number of rotatable bonds is 9. The van der Waals surface area contributed by atoms with Gasteiger partial charge in [0, 0.05) is 13.1 Å². The van der Waals surface area contributed by atoms with Crippen molar-refractivity contribution in [3.8, 4) is 11.5 Å². The lowest BCUT2D eigenvalue weighted by Gasteiger charge is -2.26. The Morgan fingerprint density at radius 1 is 1.07 bits per heavy atom. The standard InChI is InChI=1S/C22H31FN4O2.HI/c1-6-24-22(25-14-16-10-11-20(28-4)21(12-16)29-5)26-15-19(27(2)3)17-8-7-9-18(23)13-17;/h7-13,19H,6,14-15H2,1-5H3,(H2,24,25,26);1H. The molecule has 0 amide bonds. The summed E-state index contributed by atoms with van der Waals surface area (Å²) in [6.45, 7) is 3.84. The summed E-state index contributed by atoms with van der Waals surface area (Å²) in [4.78, 5) is 6.72. The van der Waals surface area contributed by atoms with E-state index >= 15 is 0 Å². The second-order valence-electron chi connectivity index (χ2n) is 6.80. The summed E-state index contributed by atoms with van der Waals surface area (Å²) in [7, 11) is 7.18. The number of hydrogen-bond acceptors (Lipinski definition) is 4. The van der Waals surface area contributed by atoms with Gasteiger partial charge in [0.15, 0.2) is 17.5 Å². The molecule has 1 unspecified atom stereocenters. The number of guanidine groups is 1. The molecule has 0 spiro atoms. The summed E-state index contributed by atoms with van der Waals surface area (Å²) < 4.78 is 24.3. The molecule has 30 heavy (non-hydrogen) atoms. The van der Waals surface area contributed by atoms with E-state index in [9.17, 15) is 4.39 Å². The van der Waals surface area contributed by atoms with Crippen LogP contribution in [0.25, 0.3) is 0 Å². The highest BCUT2D eigenvalue weighted by Crippen LogP contribution is 2.27. The van der Waals surface area contributed by atoms with Gasteiger partial charge in [0.25, 0.3) is 0 Å². The largest absolute Gasteiger partial charge is 0.493 e. The van der Waals surface area contributed by atoms with Gasteiger partial charge in [-0.2, -0.15) is 0 Å². The molecule has 0 saturated heterocycles. The van der Waals surface area contributed by atoms with Crippen LogP contribution in [0.5, 0.6) is 11.5 Å². The van der Waals surface area contributed by atoms with E-state index in [1.807, 2.05) is 45.3 Å². The number of nitrogens with one attached hydrogen (secondary N) is 2. The minimum absolute atomic E-state index is 0. The molecule has 8 heteroatoms. The Balaban J connectivity index is 0.00000450. The van der Waals surface area contributed by atoms with E-state index in [0.717, 1.165) is 17.7 Å². The first-order chi connectivity index (χ1) is 14.0. The fraction of sp³-hybridized carbons (Fsp3) is 0.409. The molecule has 166 valence electrons. The van der Waals surface area contributed by atoms with Gasteiger partial charge in [0.05, 0.1) is 26.8 Å². The van der Waals surface area contributed by atoms with Crippen LogP contribution in [0.2, 0.25) is 0 Å². The van der Waals surface area contributed by atoms with Crippen LogP contribution >= 0.6 is 24.0 Å². The van der Waals surface area contributed by atoms with Crippen LogP contribution in [0, 0.1) is 5.82 Å². The smallest absolute Gasteiger partial charge is 0.191 e. The highest BCUT2D eigenvalue weighted by atomic mass is 127. The Morgan fingerprint density at radius 2 is 1.80 bits per heavy atom. The molecule has 0 radical (unpaired) electrons. The third kappa shape index (κ3) is 7.64. The first-order valence-corrected chi connectivity index (χ1v) is 9.63. The zero-order valence-corrected chi connectivity index (χ0v) is 20.6. The predicted molar refractivity (Wildman–Crippen MR) is 131 cm³/mol. The Hall–Kier alpha value is -2.07. The minimum Gasteiger partial charge on any atom is -0.493 e. The molecule has 2 N–H and O–H groups in total. The van der Waals surface area contributed by atoms with Gasteiger partial charge in [-0.05, 0) is 56.4 Å². The quantitative estimate of drug-likeness (QED) is 0.294. The average Bonchev–Trinajstić information content (AvgIpc) is 2.71. The van der Waals surface area contributed by atoms with Crippen LogP contribution in [-0.4, -0.2) is 52.3 Å². The van der Waals surface area contributed by atoms with Crippen molar-refractivity contribution in [2.45, 2.75) is 19.5 Å². The molecule has 0 aliphatic heterocycles. The van der Waals surface area contributed by atoms with Gasteiger partial charge in [0.1, 0.15) is 5.82 Å². The van der Waals surface area contributed by atoms with Crippen LogP contribution in [-0.2, 0) is 6.54 Å². The van der Waals surface area contributed by atoms with Gasteiger partial charge in [-0.25, -0.2) is 9.38 Å². The van der Waals surface area contributed by atoms with Crippen molar-refractivity contribution in [2.75, 3.05) is 41.4 Å². The second kappa shape index (κ2) is 13.3. The van der Waals surface area contributed by atoms with E-state index in [-0.39, 0.29) is 35.8 Å². The summed E-state index contributed by atoms with van der Waals surface area (Å²) in [5, 5.41) is 6.61. The molecular formula is C22H32FIN4O2. The number of hydrogen-bond donors (Lipinski definition) is 2. The molecule has 0 aromatic heterocycles. The van der Waals surface area contributed by atoms with E-state index in [0.29, 0.717) is 30.5 Å². The number of nitrogens with zero attached hydrogens (tertiary/aromatic N) is 2. The van der Waals surface area contributed by atoms with Crippen molar-refractivity contribution in [2.24, 2.45) is 4.99 Å².